The average molecular weight is 478 g/mol. The van der Waals surface area contributed by atoms with Gasteiger partial charge in [0.25, 0.3) is 0 Å². The first-order chi connectivity index (χ1) is 15.0. The van der Waals surface area contributed by atoms with Gasteiger partial charge in [0.05, 0.1) is 12.8 Å². The summed E-state index contributed by atoms with van der Waals surface area (Å²) in [7, 11) is 1.60. The van der Waals surface area contributed by atoms with Crippen LogP contribution in [0.4, 0.5) is 5.95 Å². The number of benzene rings is 3. The van der Waals surface area contributed by atoms with Crippen molar-refractivity contribution in [3.63, 3.8) is 0 Å². The van der Waals surface area contributed by atoms with Gasteiger partial charge in [0.15, 0.2) is 0 Å². The molecule has 0 spiro atoms. The van der Waals surface area contributed by atoms with Crippen molar-refractivity contribution >= 4 is 21.9 Å². The van der Waals surface area contributed by atoms with E-state index in [1.807, 2.05) is 48.5 Å². The van der Waals surface area contributed by atoms with E-state index in [1.54, 1.807) is 31.5 Å². The minimum atomic E-state index is 0.0301. The summed E-state index contributed by atoms with van der Waals surface area (Å²) in [6.07, 6.45) is 1.63. The van der Waals surface area contributed by atoms with E-state index in [0.717, 1.165) is 15.6 Å². The van der Waals surface area contributed by atoms with Gasteiger partial charge in [0.2, 0.25) is 5.95 Å². The molecular weight excluding hydrogens is 458 g/mol. The Morgan fingerprint density at radius 2 is 1.74 bits per heavy atom. The summed E-state index contributed by atoms with van der Waals surface area (Å²) in [5, 5.41) is 10.7. The minimum Gasteiger partial charge on any atom is -0.507 e. The van der Waals surface area contributed by atoms with Gasteiger partial charge in [-0.3, -0.25) is 0 Å². The van der Waals surface area contributed by atoms with E-state index in [0.29, 0.717) is 34.9 Å². The van der Waals surface area contributed by atoms with Crippen LogP contribution in [-0.4, -0.2) is 22.2 Å². The summed E-state index contributed by atoms with van der Waals surface area (Å²) in [6.45, 7) is 0.388. The molecule has 156 valence electrons. The maximum absolute atomic E-state index is 10.7. The van der Waals surface area contributed by atoms with Crippen molar-refractivity contribution in [2.45, 2.75) is 6.61 Å². The molecule has 0 aliphatic rings. The highest BCUT2D eigenvalue weighted by molar-refractivity contribution is 9.10. The van der Waals surface area contributed by atoms with Gasteiger partial charge in [0, 0.05) is 33.4 Å². The van der Waals surface area contributed by atoms with E-state index < -0.39 is 0 Å². The number of methoxy groups -OCH3 is 1. The molecule has 0 radical (unpaired) electrons. The van der Waals surface area contributed by atoms with Crippen molar-refractivity contribution in [1.29, 1.82) is 0 Å². The number of anilines is 1. The Bertz CT molecular complexity index is 1210. The smallest absolute Gasteiger partial charge is 0.220 e. The molecule has 0 aliphatic heterocycles. The van der Waals surface area contributed by atoms with Crippen LogP contribution in [0.5, 0.6) is 17.2 Å². The van der Waals surface area contributed by atoms with Gasteiger partial charge in [-0.05, 0) is 35.9 Å². The van der Waals surface area contributed by atoms with Crippen LogP contribution in [0.2, 0.25) is 0 Å². The van der Waals surface area contributed by atoms with Crippen molar-refractivity contribution in [2.24, 2.45) is 0 Å². The number of aromatic nitrogens is 2. The molecule has 3 N–H and O–H groups in total. The van der Waals surface area contributed by atoms with E-state index in [-0.39, 0.29) is 11.7 Å². The van der Waals surface area contributed by atoms with E-state index in [1.165, 1.54) is 0 Å². The van der Waals surface area contributed by atoms with Gasteiger partial charge < -0.3 is 20.3 Å². The second-order valence-corrected chi connectivity index (χ2v) is 7.70. The molecule has 0 amide bonds. The molecule has 0 saturated heterocycles. The Hall–Kier alpha value is -3.58. The number of aromatic hydroxyl groups is 1. The van der Waals surface area contributed by atoms with E-state index >= 15 is 0 Å². The van der Waals surface area contributed by atoms with Gasteiger partial charge in [-0.25, -0.2) is 9.97 Å². The lowest BCUT2D eigenvalue weighted by atomic mass is 9.99. The van der Waals surface area contributed by atoms with Gasteiger partial charge in [-0.1, -0.05) is 46.3 Å². The highest BCUT2D eigenvalue weighted by Gasteiger charge is 2.17. The van der Waals surface area contributed by atoms with Crippen molar-refractivity contribution in [3.8, 4) is 39.6 Å². The van der Waals surface area contributed by atoms with Crippen LogP contribution in [0.25, 0.3) is 22.4 Å². The Kier molecular flexibility index (Phi) is 6.04. The standard InChI is InChI=1S/C24H20BrN3O3/c1-30-22-5-3-2-4-18(22)20-13-27-24(26)28-23(20)19-11-10-17(12-21(19)29)31-14-15-6-8-16(25)9-7-15/h2-13,29H,14H2,1H3,(H2,26,27,28). The number of phenolic OH excluding ortho intramolecular Hbond substituents is 1. The molecule has 31 heavy (non-hydrogen) atoms. The number of rotatable bonds is 6. The molecule has 6 nitrogen and oxygen atoms in total. The summed E-state index contributed by atoms with van der Waals surface area (Å²) in [6, 6.07) is 20.5. The number of hydrogen-bond donors (Lipinski definition) is 2. The molecule has 0 saturated carbocycles. The number of phenols is 1. The zero-order valence-electron chi connectivity index (χ0n) is 16.7. The topological polar surface area (TPSA) is 90.5 Å². The second kappa shape index (κ2) is 9.06. The monoisotopic (exact) mass is 477 g/mol. The Morgan fingerprint density at radius 3 is 2.48 bits per heavy atom. The van der Waals surface area contributed by atoms with Gasteiger partial charge in [-0.15, -0.1) is 0 Å². The largest absolute Gasteiger partial charge is 0.507 e. The summed E-state index contributed by atoms with van der Waals surface area (Å²) in [5.74, 6) is 1.36. The van der Waals surface area contributed by atoms with Crippen LogP contribution in [0.3, 0.4) is 0 Å². The molecule has 0 aliphatic carbocycles. The number of para-hydroxylation sites is 1. The number of hydrogen-bond acceptors (Lipinski definition) is 6. The molecule has 0 bridgehead atoms. The molecule has 1 heterocycles. The third-order valence-corrected chi connectivity index (χ3v) is 5.28. The number of nitrogen functional groups attached to an aromatic ring is 1. The molecule has 0 fully saturated rings. The minimum absolute atomic E-state index is 0.0301. The molecule has 3 aromatic carbocycles. The van der Waals surface area contributed by atoms with E-state index in [4.69, 9.17) is 15.2 Å². The lowest BCUT2D eigenvalue weighted by Gasteiger charge is -2.14. The molecule has 0 atom stereocenters. The zero-order valence-corrected chi connectivity index (χ0v) is 18.3. The first kappa shape index (κ1) is 20.7. The zero-order chi connectivity index (χ0) is 21.8. The van der Waals surface area contributed by atoms with E-state index in [2.05, 4.69) is 25.9 Å². The van der Waals surface area contributed by atoms with Crippen molar-refractivity contribution in [3.05, 3.63) is 83.0 Å². The third-order valence-electron chi connectivity index (χ3n) is 4.75. The van der Waals surface area contributed by atoms with Crippen LogP contribution in [0.15, 0.2) is 77.4 Å². The maximum Gasteiger partial charge on any atom is 0.220 e. The number of nitrogens with two attached hydrogens (primary N) is 1. The van der Waals surface area contributed by atoms with Crippen LogP contribution >= 0.6 is 15.9 Å². The second-order valence-electron chi connectivity index (χ2n) is 6.78. The lowest BCUT2D eigenvalue weighted by molar-refractivity contribution is 0.304. The maximum atomic E-state index is 10.7. The van der Waals surface area contributed by atoms with Crippen LogP contribution in [-0.2, 0) is 6.61 Å². The predicted octanol–water partition coefficient (Wildman–Crippen LogP) is 5.45. The lowest BCUT2D eigenvalue weighted by Crippen LogP contribution is -2.00. The summed E-state index contributed by atoms with van der Waals surface area (Å²) in [5.41, 5.74) is 9.40. The van der Waals surface area contributed by atoms with Crippen molar-refractivity contribution in [2.75, 3.05) is 12.8 Å². The highest BCUT2D eigenvalue weighted by atomic mass is 79.9. The van der Waals surface area contributed by atoms with Gasteiger partial charge >= 0.3 is 0 Å². The Morgan fingerprint density at radius 1 is 0.968 bits per heavy atom. The molecule has 4 rings (SSSR count). The summed E-state index contributed by atoms with van der Waals surface area (Å²) in [4.78, 5) is 8.53. The molecule has 7 heteroatoms. The molecule has 1 aromatic heterocycles. The predicted molar refractivity (Wildman–Crippen MR) is 124 cm³/mol. The number of halogens is 1. The first-order valence-electron chi connectivity index (χ1n) is 9.51. The van der Waals surface area contributed by atoms with Crippen LogP contribution in [0.1, 0.15) is 5.56 Å². The van der Waals surface area contributed by atoms with Crippen LogP contribution < -0.4 is 15.2 Å². The summed E-state index contributed by atoms with van der Waals surface area (Å²) < 4.78 is 12.3. The Labute approximate surface area is 188 Å². The average Bonchev–Trinajstić information content (AvgIpc) is 2.79. The molecular formula is C24H20BrN3O3. The number of ether oxygens (including phenoxy) is 2. The van der Waals surface area contributed by atoms with Gasteiger partial charge in [0.1, 0.15) is 23.9 Å². The van der Waals surface area contributed by atoms with Crippen molar-refractivity contribution < 1.29 is 14.6 Å². The fourth-order valence-electron chi connectivity index (χ4n) is 3.21. The highest BCUT2D eigenvalue weighted by Crippen LogP contribution is 2.40. The van der Waals surface area contributed by atoms with Gasteiger partial charge in [-0.2, -0.15) is 0 Å². The van der Waals surface area contributed by atoms with Crippen LogP contribution in [0, 0.1) is 0 Å². The third kappa shape index (κ3) is 4.62. The van der Waals surface area contributed by atoms with E-state index in [9.17, 15) is 5.11 Å². The fraction of sp³-hybridized carbons (Fsp3) is 0.0833. The summed E-state index contributed by atoms with van der Waals surface area (Å²) >= 11 is 3.42. The fourth-order valence-corrected chi connectivity index (χ4v) is 3.48. The molecule has 4 aromatic rings. The first-order valence-corrected chi connectivity index (χ1v) is 10.3. The SMILES string of the molecule is COc1ccccc1-c1cnc(N)nc1-c1ccc(OCc2ccc(Br)cc2)cc1O. The van der Waals surface area contributed by atoms with Crippen molar-refractivity contribution in [1.82, 2.24) is 9.97 Å². The normalized spacial score (nSPS) is 10.6. The molecule has 0 unspecified atom stereocenters. The quantitative estimate of drug-likeness (QED) is 0.383. The Balaban J connectivity index is 1.67. The number of nitrogens with zero attached hydrogens (tertiary/aromatic N) is 2.